The molecule has 1 aromatic heterocycles. The van der Waals surface area contributed by atoms with Crippen LogP contribution in [0.2, 0.25) is 0 Å². The summed E-state index contributed by atoms with van der Waals surface area (Å²) < 4.78 is 5.32. The van der Waals surface area contributed by atoms with Crippen molar-refractivity contribution in [1.82, 2.24) is 5.16 Å². The number of nitrogens with zero attached hydrogens (tertiary/aromatic N) is 1. The van der Waals surface area contributed by atoms with Crippen molar-refractivity contribution < 1.29 is 4.52 Å². The fourth-order valence-corrected chi connectivity index (χ4v) is 4.44. The van der Waals surface area contributed by atoms with Crippen LogP contribution >= 0.6 is 0 Å². The van der Waals surface area contributed by atoms with Gasteiger partial charge in [0, 0.05) is 6.07 Å². The Hall–Kier alpha value is -1.83. The topological polar surface area (TPSA) is 26.0 Å². The van der Waals surface area contributed by atoms with Gasteiger partial charge in [-0.25, -0.2) is 0 Å². The summed E-state index contributed by atoms with van der Waals surface area (Å²) in [6.45, 7) is 16.2. The molecule has 2 aromatic rings. The number of aryl methyl sites for hydroxylation is 1. The second-order valence-electron chi connectivity index (χ2n) is 8.83. The molecule has 0 atom stereocenters. The third kappa shape index (κ3) is 2.83. The van der Waals surface area contributed by atoms with Gasteiger partial charge in [-0.1, -0.05) is 58.8 Å². The van der Waals surface area contributed by atoms with Gasteiger partial charge < -0.3 is 4.52 Å². The lowest BCUT2D eigenvalue weighted by Crippen LogP contribution is -2.18. The normalized spacial score (nSPS) is 18.9. The summed E-state index contributed by atoms with van der Waals surface area (Å²) in [5.41, 5.74) is 7.47. The molecule has 0 amide bonds. The Morgan fingerprint density at radius 1 is 1.12 bits per heavy atom. The summed E-state index contributed by atoms with van der Waals surface area (Å²) in [7, 11) is 0. The van der Waals surface area contributed by atoms with E-state index in [-0.39, 0.29) is 10.8 Å². The van der Waals surface area contributed by atoms with Crippen molar-refractivity contribution >= 4 is 11.6 Å². The molecule has 0 bridgehead atoms. The zero-order valence-electron chi connectivity index (χ0n) is 16.0. The van der Waals surface area contributed by atoms with E-state index in [1.807, 2.05) is 6.07 Å². The van der Waals surface area contributed by atoms with E-state index < -0.39 is 0 Å². The van der Waals surface area contributed by atoms with Gasteiger partial charge in [-0.3, -0.25) is 0 Å². The number of allylic oxidation sites excluding steroid dienone is 1. The summed E-state index contributed by atoms with van der Waals surface area (Å²) in [5.74, 6) is 1.24. The van der Waals surface area contributed by atoms with E-state index in [1.54, 1.807) is 6.20 Å². The SMILES string of the molecule is Cc1cc2c(cc1/C(=C/c1ccno1)C(C)C)C(C)(C)CC2(C)C. The van der Waals surface area contributed by atoms with Crippen LogP contribution in [0.5, 0.6) is 0 Å². The van der Waals surface area contributed by atoms with Crippen LogP contribution in [-0.4, -0.2) is 5.16 Å². The van der Waals surface area contributed by atoms with Gasteiger partial charge in [-0.05, 0) is 64.0 Å². The monoisotopic (exact) mass is 323 g/mol. The van der Waals surface area contributed by atoms with Crippen LogP contribution in [0.25, 0.3) is 11.6 Å². The van der Waals surface area contributed by atoms with E-state index in [1.165, 1.54) is 34.2 Å². The van der Waals surface area contributed by atoms with Gasteiger partial charge in [0.05, 0.1) is 6.20 Å². The number of benzene rings is 1. The van der Waals surface area contributed by atoms with Gasteiger partial charge in [0.25, 0.3) is 0 Å². The summed E-state index contributed by atoms with van der Waals surface area (Å²) in [6.07, 6.45) is 5.03. The Morgan fingerprint density at radius 2 is 1.75 bits per heavy atom. The highest BCUT2D eigenvalue weighted by Gasteiger charge is 2.42. The molecule has 1 heterocycles. The fraction of sp³-hybridized carbons (Fsp3) is 0.500. The Bertz CT molecular complexity index is 777. The molecule has 0 spiro atoms. The average Bonchev–Trinajstić information content (AvgIpc) is 3.01. The molecule has 0 unspecified atom stereocenters. The first-order valence-corrected chi connectivity index (χ1v) is 8.90. The van der Waals surface area contributed by atoms with E-state index >= 15 is 0 Å². The highest BCUT2D eigenvalue weighted by Crippen LogP contribution is 2.50. The maximum Gasteiger partial charge on any atom is 0.159 e. The predicted molar refractivity (Wildman–Crippen MR) is 101 cm³/mol. The van der Waals surface area contributed by atoms with Crippen molar-refractivity contribution in [1.29, 1.82) is 0 Å². The van der Waals surface area contributed by atoms with Crippen molar-refractivity contribution in [3.63, 3.8) is 0 Å². The largest absolute Gasteiger partial charge is 0.357 e. The summed E-state index contributed by atoms with van der Waals surface area (Å²) in [5, 5.41) is 3.83. The van der Waals surface area contributed by atoms with E-state index in [0.717, 1.165) is 5.76 Å². The second kappa shape index (κ2) is 5.61. The Labute approximate surface area is 146 Å². The third-order valence-corrected chi connectivity index (χ3v) is 5.40. The van der Waals surface area contributed by atoms with E-state index in [2.05, 4.69) is 71.8 Å². The van der Waals surface area contributed by atoms with Gasteiger partial charge in [0.1, 0.15) is 0 Å². The molecule has 0 N–H and O–H groups in total. The summed E-state index contributed by atoms with van der Waals surface area (Å²) >= 11 is 0. The van der Waals surface area contributed by atoms with Gasteiger partial charge in [0.2, 0.25) is 0 Å². The molecule has 1 aliphatic carbocycles. The summed E-state index contributed by atoms with van der Waals surface area (Å²) in [4.78, 5) is 0. The highest BCUT2D eigenvalue weighted by atomic mass is 16.5. The first kappa shape index (κ1) is 17.0. The van der Waals surface area contributed by atoms with E-state index in [9.17, 15) is 0 Å². The van der Waals surface area contributed by atoms with Gasteiger partial charge in [0.15, 0.2) is 5.76 Å². The molecule has 0 saturated carbocycles. The van der Waals surface area contributed by atoms with Crippen molar-refractivity contribution in [2.75, 3.05) is 0 Å². The van der Waals surface area contributed by atoms with Crippen LogP contribution in [0.4, 0.5) is 0 Å². The molecule has 24 heavy (non-hydrogen) atoms. The van der Waals surface area contributed by atoms with Crippen LogP contribution in [0.15, 0.2) is 28.9 Å². The van der Waals surface area contributed by atoms with Crippen molar-refractivity contribution in [2.24, 2.45) is 5.92 Å². The van der Waals surface area contributed by atoms with Crippen LogP contribution in [0.3, 0.4) is 0 Å². The molecule has 2 nitrogen and oxygen atoms in total. The quantitative estimate of drug-likeness (QED) is 0.678. The maximum atomic E-state index is 5.32. The van der Waals surface area contributed by atoms with Gasteiger partial charge in [-0.15, -0.1) is 0 Å². The molecular formula is C22H29NO. The zero-order chi connectivity index (χ0) is 17.7. The number of aromatic nitrogens is 1. The Balaban J connectivity index is 2.19. The van der Waals surface area contributed by atoms with Crippen LogP contribution in [-0.2, 0) is 10.8 Å². The Morgan fingerprint density at radius 3 is 2.29 bits per heavy atom. The number of hydrogen-bond acceptors (Lipinski definition) is 2. The van der Waals surface area contributed by atoms with Gasteiger partial charge >= 0.3 is 0 Å². The summed E-state index contributed by atoms with van der Waals surface area (Å²) in [6, 6.07) is 6.76. The molecule has 1 aliphatic rings. The molecule has 0 aliphatic heterocycles. The number of hydrogen-bond donors (Lipinski definition) is 0. The fourth-order valence-electron chi connectivity index (χ4n) is 4.44. The minimum Gasteiger partial charge on any atom is -0.357 e. The lowest BCUT2D eigenvalue weighted by molar-refractivity contribution is 0.403. The zero-order valence-corrected chi connectivity index (χ0v) is 16.0. The van der Waals surface area contributed by atoms with Crippen LogP contribution in [0, 0.1) is 12.8 Å². The van der Waals surface area contributed by atoms with Crippen LogP contribution in [0.1, 0.15) is 76.0 Å². The standard InChI is InChI=1S/C22H29NO/c1-14(2)17(11-16-8-9-23-24-16)18-12-20-19(10-15(18)3)21(4,5)13-22(20,6)7/h8-12,14H,13H2,1-7H3/b17-11+. The van der Waals surface area contributed by atoms with Gasteiger partial charge in [-0.2, -0.15) is 0 Å². The van der Waals surface area contributed by atoms with Crippen LogP contribution < -0.4 is 0 Å². The molecule has 1 aromatic carbocycles. The van der Waals surface area contributed by atoms with Crippen molar-refractivity contribution in [2.45, 2.75) is 65.7 Å². The number of fused-ring (bicyclic) bond motifs is 1. The molecule has 0 radical (unpaired) electrons. The van der Waals surface area contributed by atoms with Crippen molar-refractivity contribution in [3.05, 3.63) is 52.4 Å². The Kier molecular flexibility index (Phi) is 3.98. The number of rotatable bonds is 3. The minimum atomic E-state index is 0.218. The smallest absolute Gasteiger partial charge is 0.159 e. The first-order valence-electron chi connectivity index (χ1n) is 8.90. The van der Waals surface area contributed by atoms with E-state index in [0.29, 0.717) is 5.92 Å². The van der Waals surface area contributed by atoms with Crippen molar-refractivity contribution in [3.8, 4) is 0 Å². The maximum absolute atomic E-state index is 5.32. The molecule has 0 saturated heterocycles. The predicted octanol–water partition coefficient (Wildman–Crippen LogP) is 6.14. The lowest BCUT2D eigenvalue weighted by atomic mass is 9.81. The third-order valence-electron chi connectivity index (χ3n) is 5.40. The second-order valence-corrected chi connectivity index (χ2v) is 8.83. The first-order chi connectivity index (χ1) is 11.1. The lowest BCUT2D eigenvalue weighted by Gasteiger charge is -2.22. The molecule has 0 fully saturated rings. The highest BCUT2D eigenvalue weighted by molar-refractivity contribution is 5.83. The molecule has 128 valence electrons. The average molecular weight is 323 g/mol. The molecule has 2 heteroatoms. The molecular weight excluding hydrogens is 294 g/mol. The molecule has 3 rings (SSSR count). The van der Waals surface area contributed by atoms with E-state index in [4.69, 9.17) is 4.52 Å². The minimum absolute atomic E-state index is 0.218.